The molecular formula is C15H17ClFN3O. The number of nitrogens with zero attached hydrogens (tertiary/aromatic N) is 2. The van der Waals surface area contributed by atoms with E-state index in [0.717, 1.165) is 24.5 Å². The lowest BCUT2D eigenvalue weighted by molar-refractivity contribution is 0.281. The molecule has 1 heterocycles. The molecule has 0 saturated carbocycles. The Balaban J connectivity index is 2.09. The molecule has 2 aromatic rings. The van der Waals surface area contributed by atoms with E-state index in [1.807, 2.05) is 13.0 Å². The van der Waals surface area contributed by atoms with Crippen LogP contribution in [0.4, 0.5) is 10.2 Å². The maximum absolute atomic E-state index is 13.7. The van der Waals surface area contributed by atoms with Crippen LogP contribution in [0.3, 0.4) is 0 Å². The lowest BCUT2D eigenvalue weighted by atomic mass is 10.3. The first kappa shape index (κ1) is 15.5. The van der Waals surface area contributed by atoms with Gasteiger partial charge in [0.25, 0.3) is 0 Å². The normalized spacial score (nSPS) is 10.5. The highest BCUT2D eigenvalue weighted by Crippen LogP contribution is 2.24. The van der Waals surface area contributed by atoms with E-state index in [1.54, 1.807) is 6.07 Å². The van der Waals surface area contributed by atoms with E-state index >= 15 is 0 Å². The van der Waals surface area contributed by atoms with Gasteiger partial charge in [-0.3, -0.25) is 0 Å². The van der Waals surface area contributed by atoms with Crippen molar-refractivity contribution in [2.24, 2.45) is 0 Å². The summed E-state index contributed by atoms with van der Waals surface area (Å²) in [5.74, 6) is 0.759. The van der Waals surface area contributed by atoms with Gasteiger partial charge in [-0.15, -0.1) is 0 Å². The summed E-state index contributed by atoms with van der Waals surface area (Å²) in [5, 5.41) is 3.22. The zero-order valence-corrected chi connectivity index (χ0v) is 12.7. The summed E-state index contributed by atoms with van der Waals surface area (Å²) in [6.07, 6.45) is 1.00. The zero-order valence-electron chi connectivity index (χ0n) is 12.0. The number of rotatable bonds is 6. The molecule has 0 spiro atoms. The molecule has 0 radical (unpaired) electrons. The Morgan fingerprint density at radius 2 is 2.14 bits per heavy atom. The number of hydrogen-bond donors (Lipinski definition) is 1. The third-order valence-corrected chi connectivity index (χ3v) is 3.02. The topological polar surface area (TPSA) is 47.0 Å². The zero-order chi connectivity index (χ0) is 15.2. The number of benzene rings is 1. The highest BCUT2D eigenvalue weighted by molar-refractivity contribution is 6.30. The number of aryl methyl sites for hydroxylation is 1. The summed E-state index contributed by atoms with van der Waals surface area (Å²) in [5.41, 5.74) is 0.828. The van der Waals surface area contributed by atoms with E-state index in [2.05, 4.69) is 22.2 Å². The van der Waals surface area contributed by atoms with E-state index in [4.69, 9.17) is 16.3 Å². The summed E-state index contributed by atoms with van der Waals surface area (Å²) in [6.45, 7) is 4.87. The Morgan fingerprint density at radius 1 is 1.33 bits per heavy atom. The van der Waals surface area contributed by atoms with Crippen molar-refractivity contribution in [2.75, 3.05) is 11.9 Å². The lowest BCUT2D eigenvalue weighted by Gasteiger charge is -2.10. The number of ether oxygens (including phenoxy) is 1. The molecule has 0 aliphatic carbocycles. The molecule has 1 aromatic carbocycles. The molecule has 6 heteroatoms. The van der Waals surface area contributed by atoms with Crippen LogP contribution in [-0.4, -0.2) is 16.5 Å². The van der Waals surface area contributed by atoms with Crippen LogP contribution in [0, 0.1) is 12.7 Å². The molecule has 1 aromatic heterocycles. The number of aromatic nitrogens is 2. The van der Waals surface area contributed by atoms with E-state index < -0.39 is 5.82 Å². The van der Waals surface area contributed by atoms with Gasteiger partial charge in [-0.1, -0.05) is 24.6 Å². The van der Waals surface area contributed by atoms with Crippen molar-refractivity contribution in [2.45, 2.75) is 26.9 Å². The van der Waals surface area contributed by atoms with Crippen molar-refractivity contribution in [1.82, 2.24) is 9.97 Å². The van der Waals surface area contributed by atoms with Gasteiger partial charge in [0.1, 0.15) is 12.4 Å². The first-order valence-corrected chi connectivity index (χ1v) is 7.13. The van der Waals surface area contributed by atoms with Crippen LogP contribution in [0.5, 0.6) is 5.75 Å². The van der Waals surface area contributed by atoms with Gasteiger partial charge >= 0.3 is 0 Å². The summed E-state index contributed by atoms with van der Waals surface area (Å²) in [7, 11) is 0. The maximum Gasteiger partial charge on any atom is 0.183 e. The molecule has 1 N–H and O–H groups in total. The second kappa shape index (κ2) is 7.22. The van der Waals surface area contributed by atoms with Gasteiger partial charge in [0.05, 0.1) is 5.02 Å². The van der Waals surface area contributed by atoms with Crippen LogP contribution in [-0.2, 0) is 6.61 Å². The molecule has 0 bridgehead atoms. The smallest absolute Gasteiger partial charge is 0.183 e. The third-order valence-electron chi connectivity index (χ3n) is 2.73. The molecule has 0 fully saturated rings. The van der Waals surface area contributed by atoms with Gasteiger partial charge < -0.3 is 10.1 Å². The fraction of sp³-hybridized carbons (Fsp3) is 0.333. The van der Waals surface area contributed by atoms with Crippen molar-refractivity contribution in [3.63, 3.8) is 0 Å². The van der Waals surface area contributed by atoms with Gasteiger partial charge in [-0.05, 0) is 25.5 Å². The second-order valence-electron chi connectivity index (χ2n) is 4.58. The van der Waals surface area contributed by atoms with Crippen molar-refractivity contribution in [1.29, 1.82) is 0 Å². The predicted octanol–water partition coefficient (Wildman–Crippen LogP) is 3.98. The quantitative estimate of drug-likeness (QED) is 0.877. The number of hydrogen-bond acceptors (Lipinski definition) is 4. The Labute approximate surface area is 128 Å². The Bertz CT molecular complexity index is 622. The maximum atomic E-state index is 13.7. The highest BCUT2D eigenvalue weighted by Gasteiger charge is 2.09. The fourth-order valence-corrected chi connectivity index (χ4v) is 1.94. The predicted molar refractivity (Wildman–Crippen MR) is 81.3 cm³/mol. The fourth-order valence-electron chi connectivity index (χ4n) is 1.78. The molecule has 0 unspecified atom stereocenters. The molecular weight excluding hydrogens is 293 g/mol. The monoisotopic (exact) mass is 309 g/mol. The van der Waals surface area contributed by atoms with Crippen molar-refractivity contribution in [3.05, 3.63) is 46.6 Å². The number of halogens is 2. The van der Waals surface area contributed by atoms with Crippen molar-refractivity contribution in [3.8, 4) is 5.75 Å². The molecule has 2 rings (SSSR count). The highest BCUT2D eigenvalue weighted by atomic mass is 35.5. The minimum absolute atomic E-state index is 0.0305. The average molecular weight is 310 g/mol. The SMILES string of the molecule is CCCNc1cc(C)nc(COc2cccc(Cl)c2F)n1. The van der Waals surface area contributed by atoms with E-state index in [0.29, 0.717) is 5.82 Å². The Morgan fingerprint density at radius 3 is 2.90 bits per heavy atom. The average Bonchev–Trinajstić information content (AvgIpc) is 2.46. The standard InChI is InChI=1S/C15H17ClFN3O/c1-3-7-18-13-8-10(2)19-14(20-13)9-21-12-6-4-5-11(16)15(12)17/h4-6,8H,3,7,9H2,1-2H3,(H,18,19,20). The van der Waals surface area contributed by atoms with Crippen molar-refractivity contribution < 1.29 is 9.13 Å². The molecule has 0 aliphatic rings. The molecule has 112 valence electrons. The third kappa shape index (κ3) is 4.29. The second-order valence-corrected chi connectivity index (χ2v) is 4.99. The molecule has 21 heavy (non-hydrogen) atoms. The lowest BCUT2D eigenvalue weighted by Crippen LogP contribution is -2.08. The van der Waals surface area contributed by atoms with Gasteiger partial charge in [0.2, 0.25) is 0 Å². The van der Waals surface area contributed by atoms with Gasteiger partial charge in [0, 0.05) is 18.3 Å². The minimum Gasteiger partial charge on any atom is -0.482 e. The first-order chi connectivity index (χ1) is 10.1. The van der Waals surface area contributed by atoms with Crippen LogP contribution in [0.25, 0.3) is 0 Å². The largest absolute Gasteiger partial charge is 0.482 e. The summed E-state index contributed by atoms with van der Waals surface area (Å²) >= 11 is 5.71. The molecule has 0 amide bonds. The molecule has 0 saturated heterocycles. The summed E-state index contributed by atoms with van der Waals surface area (Å²) in [6, 6.07) is 6.48. The molecule has 0 atom stereocenters. The van der Waals surface area contributed by atoms with E-state index in [-0.39, 0.29) is 17.4 Å². The Hall–Kier alpha value is -1.88. The minimum atomic E-state index is -0.573. The van der Waals surface area contributed by atoms with Gasteiger partial charge in [-0.25, -0.2) is 14.4 Å². The van der Waals surface area contributed by atoms with Crippen molar-refractivity contribution >= 4 is 17.4 Å². The number of anilines is 1. The number of nitrogens with one attached hydrogen (secondary N) is 1. The van der Waals surface area contributed by atoms with E-state index in [1.165, 1.54) is 12.1 Å². The van der Waals surface area contributed by atoms with Crippen LogP contribution < -0.4 is 10.1 Å². The van der Waals surface area contributed by atoms with Crippen LogP contribution in [0.2, 0.25) is 5.02 Å². The molecule has 0 aliphatic heterocycles. The van der Waals surface area contributed by atoms with Crippen LogP contribution >= 0.6 is 11.6 Å². The first-order valence-electron chi connectivity index (χ1n) is 6.75. The van der Waals surface area contributed by atoms with E-state index in [9.17, 15) is 4.39 Å². The summed E-state index contributed by atoms with van der Waals surface area (Å²) in [4.78, 5) is 8.61. The summed E-state index contributed by atoms with van der Waals surface area (Å²) < 4.78 is 19.1. The molecule has 4 nitrogen and oxygen atoms in total. The van der Waals surface area contributed by atoms with Crippen LogP contribution in [0.15, 0.2) is 24.3 Å². The Kier molecular flexibility index (Phi) is 5.33. The van der Waals surface area contributed by atoms with Gasteiger partial charge in [-0.2, -0.15) is 0 Å². The van der Waals surface area contributed by atoms with Crippen LogP contribution in [0.1, 0.15) is 24.9 Å². The van der Waals surface area contributed by atoms with Gasteiger partial charge in [0.15, 0.2) is 17.4 Å².